The van der Waals surface area contributed by atoms with E-state index in [1.165, 1.54) is 9.80 Å². The normalized spacial score (nSPS) is 28.8. The van der Waals surface area contributed by atoms with E-state index in [9.17, 15) is 9.59 Å². The molecule has 4 rings (SSSR count). The Balaban J connectivity index is 1.21. The quantitative estimate of drug-likeness (QED) is 0.236. The van der Waals surface area contributed by atoms with Crippen molar-refractivity contribution in [2.45, 2.75) is 23.5 Å². The highest BCUT2D eigenvalue weighted by atomic mass is 32.2. The molecule has 154 valence electrons. The van der Waals surface area contributed by atoms with Gasteiger partial charge in [-0.05, 0) is 30.4 Å². The van der Waals surface area contributed by atoms with Crippen LogP contribution in [0.2, 0.25) is 0 Å². The average molecular weight is 413 g/mol. The van der Waals surface area contributed by atoms with Crippen LogP contribution in [0.1, 0.15) is 13.3 Å². The highest BCUT2D eigenvalue weighted by Gasteiger charge is 2.58. The fraction of sp³-hybridized carbons (Fsp3) is 0.500. The zero-order valence-corrected chi connectivity index (χ0v) is 17.7. The maximum atomic E-state index is 12.7. The first-order valence-electron chi connectivity index (χ1n) is 10.3. The predicted octanol–water partition coefficient (Wildman–Crippen LogP) is 2.14. The van der Waals surface area contributed by atoms with Crippen molar-refractivity contribution in [2.24, 2.45) is 28.7 Å². The summed E-state index contributed by atoms with van der Waals surface area (Å²) in [5, 5.41) is 6.92. The number of hydrogen-bond acceptors (Lipinski definition) is 4. The average Bonchev–Trinajstić information content (AvgIpc) is 3.40. The molecule has 3 aliphatic rings. The van der Waals surface area contributed by atoms with Gasteiger partial charge in [0.2, 0.25) is 11.8 Å². The molecular formula is C22H28N4O2S. The molecule has 5 unspecified atom stereocenters. The summed E-state index contributed by atoms with van der Waals surface area (Å²) in [6.07, 6.45) is 5.22. The van der Waals surface area contributed by atoms with Gasteiger partial charge in [-0.1, -0.05) is 37.3 Å². The van der Waals surface area contributed by atoms with Crippen LogP contribution in [0, 0.1) is 23.7 Å². The van der Waals surface area contributed by atoms with E-state index in [-0.39, 0.29) is 35.5 Å². The van der Waals surface area contributed by atoms with Crippen molar-refractivity contribution in [3.8, 4) is 0 Å². The molecule has 2 aliphatic carbocycles. The molecule has 6 nitrogen and oxygen atoms in total. The second-order valence-electron chi connectivity index (χ2n) is 7.95. The SMILES string of the molecule is CN=C(NCCN1C(=O)C2C3C=CC(C3)C2C1=O)NCC(C)Sc1ccccc1. The van der Waals surface area contributed by atoms with E-state index < -0.39 is 0 Å². The summed E-state index contributed by atoms with van der Waals surface area (Å²) in [7, 11) is 1.73. The topological polar surface area (TPSA) is 73.8 Å². The third-order valence-corrected chi connectivity index (χ3v) is 7.16. The van der Waals surface area contributed by atoms with Crippen LogP contribution in [-0.4, -0.2) is 54.6 Å². The lowest BCUT2D eigenvalue weighted by Gasteiger charge is -2.19. The fourth-order valence-electron chi connectivity index (χ4n) is 4.70. The number of guanidine groups is 1. The number of amides is 2. The van der Waals surface area contributed by atoms with Gasteiger partial charge in [0, 0.05) is 36.8 Å². The number of imide groups is 1. The molecule has 1 heterocycles. The molecule has 1 aromatic carbocycles. The van der Waals surface area contributed by atoms with Gasteiger partial charge in [0.25, 0.3) is 0 Å². The number of carbonyl (C=O) groups is 2. The lowest BCUT2D eigenvalue weighted by atomic mass is 9.85. The van der Waals surface area contributed by atoms with E-state index in [0.717, 1.165) is 13.0 Å². The number of fused-ring (bicyclic) bond motifs is 5. The van der Waals surface area contributed by atoms with Crippen molar-refractivity contribution in [3.63, 3.8) is 0 Å². The van der Waals surface area contributed by atoms with Crippen LogP contribution in [0.5, 0.6) is 0 Å². The minimum atomic E-state index is -0.120. The number of rotatable bonds is 7. The van der Waals surface area contributed by atoms with Gasteiger partial charge in [-0.2, -0.15) is 0 Å². The Bertz CT molecular complexity index is 795. The molecule has 0 radical (unpaired) electrons. The van der Waals surface area contributed by atoms with Crippen molar-refractivity contribution in [2.75, 3.05) is 26.7 Å². The van der Waals surface area contributed by atoms with Crippen molar-refractivity contribution in [1.29, 1.82) is 0 Å². The number of carbonyl (C=O) groups excluding carboxylic acids is 2. The highest BCUT2D eigenvalue weighted by Crippen LogP contribution is 2.52. The monoisotopic (exact) mass is 412 g/mol. The predicted molar refractivity (Wildman–Crippen MR) is 116 cm³/mol. The molecule has 2 bridgehead atoms. The van der Waals surface area contributed by atoms with Crippen LogP contribution < -0.4 is 10.6 Å². The van der Waals surface area contributed by atoms with Crippen LogP contribution in [-0.2, 0) is 9.59 Å². The standard InChI is InChI=1S/C22H28N4O2S/c1-14(29-17-6-4-3-5-7-17)13-25-22(23-2)24-10-11-26-20(27)18-15-8-9-16(12-15)19(18)21(26)28/h3-9,14-16,18-19H,10-13H2,1-2H3,(H2,23,24,25). The van der Waals surface area contributed by atoms with E-state index in [1.54, 1.807) is 7.05 Å². The minimum Gasteiger partial charge on any atom is -0.355 e. The maximum absolute atomic E-state index is 12.7. The Morgan fingerprint density at radius 3 is 2.41 bits per heavy atom. The molecule has 29 heavy (non-hydrogen) atoms. The van der Waals surface area contributed by atoms with Crippen LogP contribution in [0.25, 0.3) is 0 Å². The van der Waals surface area contributed by atoms with E-state index in [1.807, 2.05) is 30.0 Å². The fourth-order valence-corrected chi connectivity index (χ4v) is 5.65. The Morgan fingerprint density at radius 2 is 1.79 bits per heavy atom. The van der Waals surface area contributed by atoms with E-state index in [0.29, 0.717) is 24.3 Å². The molecule has 1 aromatic rings. The summed E-state index contributed by atoms with van der Waals surface area (Å²) >= 11 is 1.81. The molecular weight excluding hydrogens is 384 g/mol. The van der Waals surface area contributed by atoms with E-state index in [2.05, 4.69) is 46.8 Å². The zero-order valence-electron chi connectivity index (χ0n) is 16.9. The van der Waals surface area contributed by atoms with Gasteiger partial charge in [-0.3, -0.25) is 19.5 Å². The number of benzene rings is 1. The Labute approximate surface area is 176 Å². The van der Waals surface area contributed by atoms with Crippen LogP contribution >= 0.6 is 11.8 Å². The molecule has 0 spiro atoms. The van der Waals surface area contributed by atoms with Crippen molar-refractivity contribution in [1.82, 2.24) is 15.5 Å². The van der Waals surface area contributed by atoms with Gasteiger partial charge >= 0.3 is 0 Å². The number of hydrogen-bond donors (Lipinski definition) is 2. The number of thioether (sulfide) groups is 1. The Hall–Kier alpha value is -2.28. The van der Waals surface area contributed by atoms with Crippen molar-refractivity contribution in [3.05, 3.63) is 42.5 Å². The molecule has 2 amide bonds. The Morgan fingerprint density at radius 1 is 1.14 bits per heavy atom. The van der Waals surface area contributed by atoms with E-state index in [4.69, 9.17) is 0 Å². The molecule has 2 fully saturated rings. The third-order valence-electron chi connectivity index (χ3n) is 6.05. The van der Waals surface area contributed by atoms with Crippen molar-refractivity contribution >= 4 is 29.5 Å². The smallest absolute Gasteiger partial charge is 0.233 e. The molecule has 0 aromatic heterocycles. The van der Waals surface area contributed by atoms with Gasteiger partial charge in [-0.15, -0.1) is 11.8 Å². The lowest BCUT2D eigenvalue weighted by Crippen LogP contribution is -2.44. The molecule has 1 saturated carbocycles. The molecule has 1 aliphatic heterocycles. The third kappa shape index (κ3) is 4.06. The Kier molecular flexibility index (Phi) is 5.94. The lowest BCUT2D eigenvalue weighted by molar-refractivity contribution is -0.140. The summed E-state index contributed by atoms with van der Waals surface area (Å²) in [5.74, 6) is 0.988. The first-order chi connectivity index (χ1) is 14.1. The first-order valence-corrected chi connectivity index (χ1v) is 11.2. The summed E-state index contributed by atoms with van der Waals surface area (Å²) in [6, 6.07) is 10.3. The number of nitrogens with zero attached hydrogens (tertiary/aromatic N) is 2. The van der Waals surface area contributed by atoms with Crippen LogP contribution in [0.3, 0.4) is 0 Å². The summed E-state index contributed by atoms with van der Waals surface area (Å²) in [5.41, 5.74) is 0. The van der Waals surface area contributed by atoms with Gasteiger partial charge in [0.15, 0.2) is 5.96 Å². The number of aliphatic imine (C=N–C) groups is 1. The number of likely N-dealkylation sites (tertiary alicyclic amines) is 1. The van der Waals surface area contributed by atoms with Gasteiger partial charge in [-0.25, -0.2) is 0 Å². The second-order valence-corrected chi connectivity index (χ2v) is 9.46. The zero-order chi connectivity index (χ0) is 20.4. The number of nitrogens with one attached hydrogen (secondary N) is 2. The maximum Gasteiger partial charge on any atom is 0.233 e. The highest BCUT2D eigenvalue weighted by molar-refractivity contribution is 8.00. The van der Waals surface area contributed by atoms with Crippen molar-refractivity contribution < 1.29 is 9.59 Å². The first kappa shape index (κ1) is 20.0. The van der Waals surface area contributed by atoms with Gasteiger partial charge in [0.05, 0.1) is 11.8 Å². The van der Waals surface area contributed by atoms with E-state index >= 15 is 0 Å². The summed E-state index contributed by atoms with van der Waals surface area (Å²) in [6.45, 7) is 3.82. The van der Waals surface area contributed by atoms with Crippen LogP contribution in [0.4, 0.5) is 0 Å². The van der Waals surface area contributed by atoms with Gasteiger partial charge < -0.3 is 10.6 Å². The minimum absolute atomic E-state index is 0.00878. The second kappa shape index (κ2) is 8.61. The van der Waals surface area contributed by atoms with Gasteiger partial charge in [0.1, 0.15) is 0 Å². The molecule has 7 heteroatoms. The molecule has 5 atom stereocenters. The molecule has 1 saturated heterocycles. The summed E-state index contributed by atoms with van der Waals surface area (Å²) in [4.78, 5) is 32.4. The largest absolute Gasteiger partial charge is 0.355 e. The summed E-state index contributed by atoms with van der Waals surface area (Å²) < 4.78 is 0. The number of allylic oxidation sites excluding steroid dienone is 2. The molecule has 2 N–H and O–H groups in total. The van der Waals surface area contributed by atoms with Crippen LogP contribution in [0.15, 0.2) is 52.4 Å².